The highest BCUT2D eigenvalue weighted by atomic mass is 16.5. The van der Waals surface area contributed by atoms with Gasteiger partial charge in [0, 0.05) is 19.7 Å². The summed E-state index contributed by atoms with van der Waals surface area (Å²) in [6.07, 6.45) is 0. The molecule has 0 bridgehead atoms. The van der Waals surface area contributed by atoms with Crippen molar-refractivity contribution in [2.24, 2.45) is 5.41 Å². The second-order valence-electron chi connectivity index (χ2n) is 5.76. The first-order valence-corrected chi connectivity index (χ1v) is 6.98. The number of carbonyl (C=O) groups excluding carboxylic acids is 1. The molecule has 20 heavy (non-hydrogen) atoms. The number of nitrogens with zero attached hydrogens (tertiary/aromatic N) is 1. The van der Waals surface area contributed by atoms with Crippen LogP contribution in [0.15, 0.2) is 0 Å². The number of hydrogen-bond donors (Lipinski definition) is 2. The predicted octanol–water partition coefficient (Wildman–Crippen LogP) is 1.94. The number of rotatable bonds is 8. The van der Waals surface area contributed by atoms with E-state index < -0.39 is 16.9 Å². The van der Waals surface area contributed by atoms with Crippen LogP contribution in [-0.4, -0.2) is 53.8 Å². The molecule has 0 aliphatic rings. The number of carbonyl (C=O) groups is 2. The van der Waals surface area contributed by atoms with E-state index in [0.29, 0.717) is 26.3 Å². The van der Waals surface area contributed by atoms with Crippen LogP contribution in [0.4, 0.5) is 4.79 Å². The van der Waals surface area contributed by atoms with Crippen molar-refractivity contribution in [2.45, 2.75) is 47.1 Å². The van der Waals surface area contributed by atoms with Gasteiger partial charge in [0.2, 0.25) is 0 Å². The number of ether oxygens (including phenoxy) is 1. The lowest BCUT2D eigenvalue weighted by molar-refractivity contribution is -0.150. The minimum Gasteiger partial charge on any atom is -0.481 e. The molecule has 0 aromatic carbocycles. The molecule has 0 aliphatic heterocycles. The van der Waals surface area contributed by atoms with Crippen molar-refractivity contribution in [2.75, 3.05) is 26.3 Å². The maximum atomic E-state index is 12.2. The third kappa shape index (κ3) is 4.67. The monoisotopic (exact) mass is 288 g/mol. The molecule has 0 aromatic heterocycles. The summed E-state index contributed by atoms with van der Waals surface area (Å²) < 4.78 is 5.24. The average molecular weight is 288 g/mol. The second kappa shape index (κ2) is 7.47. The molecule has 0 atom stereocenters. The Kier molecular flexibility index (Phi) is 6.99. The van der Waals surface area contributed by atoms with Crippen molar-refractivity contribution in [1.29, 1.82) is 0 Å². The molecule has 6 nitrogen and oxygen atoms in total. The number of carboxylic acid groups (broad SMARTS) is 1. The first-order valence-electron chi connectivity index (χ1n) is 6.98. The van der Waals surface area contributed by atoms with Gasteiger partial charge in [0.25, 0.3) is 0 Å². The lowest BCUT2D eigenvalue weighted by atomic mass is 9.74. The van der Waals surface area contributed by atoms with E-state index >= 15 is 0 Å². The van der Waals surface area contributed by atoms with E-state index in [1.807, 2.05) is 13.8 Å². The Labute approximate surface area is 121 Å². The van der Waals surface area contributed by atoms with Crippen LogP contribution in [0.5, 0.6) is 0 Å². The summed E-state index contributed by atoms with van der Waals surface area (Å²) in [6.45, 7) is 12.5. The topological polar surface area (TPSA) is 78.9 Å². The molecule has 2 amide bonds. The molecule has 2 N–H and O–H groups in total. The maximum absolute atomic E-state index is 12.2. The third-order valence-electron chi connectivity index (χ3n) is 3.90. The van der Waals surface area contributed by atoms with E-state index in [-0.39, 0.29) is 6.03 Å². The van der Waals surface area contributed by atoms with E-state index in [1.54, 1.807) is 32.6 Å². The van der Waals surface area contributed by atoms with Gasteiger partial charge in [0.1, 0.15) is 0 Å². The van der Waals surface area contributed by atoms with Gasteiger partial charge in [-0.1, -0.05) is 0 Å². The van der Waals surface area contributed by atoms with Crippen LogP contribution in [0.2, 0.25) is 0 Å². The first kappa shape index (κ1) is 18.7. The van der Waals surface area contributed by atoms with Gasteiger partial charge in [-0.15, -0.1) is 0 Å². The van der Waals surface area contributed by atoms with Crippen molar-refractivity contribution in [3.8, 4) is 0 Å². The molecular formula is C14H28N2O4. The molecule has 0 saturated carbocycles. The fourth-order valence-corrected chi connectivity index (χ4v) is 1.49. The van der Waals surface area contributed by atoms with E-state index in [0.717, 1.165) is 0 Å². The number of carboxylic acids is 1. The lowest BCUT2D eigenvalue weighted by Gasteiger charge is -2.40. The molecule has 6 heteroatoms. The van der Waals surface area contributed by atoms with E-state index in [9.17, 15) is 14.7 Å². The van der Waals surface area contributed by atoms with Crippen LogP contribution in [0, 0.1) is 5.41 Å². The van der Waals surface area contributed by atoms with Crippen LogP contribution in [-0.2, 0) is 9.53 Å². The standard InChI is InChI=1S/C14H28N2O4/c1-7-16(9-10-20-8-2)12(19)15-14(5,6)13(3,4)11(17)18/h7-10H2,1-6H3,(H,15,19)(H,17,18). The summed E-state index contributed by atoms with van der Waals surface area (Å²) >= 11 is 0. The Morgan fingerprint density at radius 2 is 1.75 bits per heavy atom. The highest BCUT2D eigenvalue weighted by Crippen LogP contribution is 2.30. The Morgan fingerprint density at radius 1 is 1.20 bits per heavy atom. The molecule has 118 valence electrons. The van der Waals surface area contributed by atoms with E-state index in [2.05, 4.69) is 5.32 Å². The van der Waals surface area contributed by atoms with Crippen LogP contribution in [0.1, 0.15) is 41.5 Å². The number of likely N-dealkylation sites (N-methyl/N-ethyl adjacent to an activating group) is 1. The van der Waals surface area contributed by atoms with Crippen LogP contribution in [0.25, 0.3) is 0 Å². The molecule has 0 fully saturated rings. The van der Waals surface area contributed by atoms with Crippen LogP contribution >= 0.6 is 0 Å². The fraction of sp³-hybridized carbons (Fsp3) is 0.857. The third-order valence-corrected chi connectivity index (χ3v) is 3.90. The first-order chi connectivity index (χ1) is 9.10. The Hall–Kier alpha value is -1.30. The molecule has 0 spiro atoms. The number of urea groups is 1. The molecule has 0 aromatic rings. The molecule has 0 saturated heterocycles. The highest BCUT2D eigenvalue weighted by Gasteiger charge is 2.44. The zero-order valence-corrected chi connectivity index (χ0v) is 13.4. The summed E-state index contributed by atoms with van der Waals surface area (Å²) in [5, 5.41) is 12.1. The molecular weight excluding hydrogens is 260 g/mol. The van der Waals surface area contributed by atoms with Gasteiger partial charge in [-0.2, -0.15) is 0 Å². The van der Waals surface area contributed by atoms with Crippen molar-refractivity contribution in [3.63, 3.8) is 0 Å². The smallest absolute Gasteiger partial charge is 0.317 e. The number of amides is 2. The van der Waals surface area contributed by atoms with Crippen molar-refractivity contribution >= 4 is 12.0 Å². The van der Waals surface area contributed by atoms with E-state index in [4.69, 9.17) is 4.74 Å². The van der Waals surface area contributed by atoms with Gasteiger partial charge in [-0.25, -0.2) is 4.79 Å². The van der Waals surface area contributed by atoms with Gasteiger partial charge in [0.15, 0.2) is 0 Å². The predicted molar refractivity (Wildman–Crippen MR) is 77.8 cm³/mol. The molecule has 0 unspecified atom stereocenters. The fourth-order valence-electron chi connectivity index (χ4n) is 1.49. The largest absolute Gasteiger partial charge is 0.481 e. The SMILES string of the molecule is CCOCCN(CC)C(=O)NC(C)(C)C(C)(C)C(=O)O. The van der Waals surface area contributed by atoms with Gasteiger partial charge in [-0.05, 0) is 41.5 Å². The maximum Gasteiger partial charge on any atom is 0.317 e. The molecule has 0 heterocycles. The number of aliphatic carboxylic acids is 1. The number of nitrogens with one attached hydrogen (secondary N) is 1. The summed E-state index contributed by atoms with van der Waals surface area (Å²) in [5.41, 5.74) is -1.93. The summed E-state index contributed by atoms with van der Waals surface area (Å²) in [6, 6.07) is -0.272. The Bertz CT molecular complexity index is 340. The van der Waals surface area contributed by atoms with Gasteiger partial charge in [-0.3, -0.25) is 4.79 Å². The van der Waals surface area contributed by atoms with Crippen LogP contribution in [0.3, 0.4) is 0 Å². The zero-order valence-electron chi connectivity index (χ0n) is 13.4. The quantitative estimate of drug-likeness (QED) is 0.669. The minimum absolute atomic E-state index is 0.272. The van der Waals surface area contributed by atoms with Crippen molar-refractivity contribution in [1.82, 2.24) is 10.2 Å². The second-order valence-corrected chi connectivity index (χ2v) is 5.76. The van der Waals surface area contributed by atoms with Crippen molar-refractivity contribution in [3.05, 3.63) is 0 Å². The average Bonchev–Trinajstić information content (AvgIpc) is 2.33. The van der Waals surface area contributed by atoms with Crippen LogP contribution < -0.4 is 5.32 Å². The van der Waals surface area contributed by atoms with E-state index in [1.165, 1.54) is 0 Å². The Morgan fingerprint density at radius 3 is 2.15 bits per heavy atom. The van der Waals surface area contributed by atoms with Gasteiger partial charge in [0.05, 0.1) is 17.6 Å². The van der Waals surface area contributed by atoms with Gasteiger partial charge >= 0.3 is 12.0 Å². The summed E-state index contributed by atoms with van der Waals surface area (Å²) in [7, 11) is 0. The number of hydrogen-bond acceptors (Lipinski definition) is 3. The highest BCUT2D eigenvalue weighted by molar-refractivity contribution is 5.79. The normalized spacial score (nSPS) is 12.1. The zero-order chi connectivity index (χ0) is 16.0. The van der Waals surface area contributed by atoms with Gasteiger partial charge < -0.3 is 20.1 Å². The molecule has 0 radical (unpaired) electrons. The Balaban J connectivity index is 4.74. The molecule has 0 aliphatic carbocycles. The lowest BCUT2D eigenvalue weighted by Crippen LogP contribution is -2.59. The summed E-state index contributed by atoms with van der Waals surface area (Å²) in [4.78, 5) is 25.1. The van der Waals surface area contributed by atoms with Crippen molar-refractivity contribution < 1.29 is 19.4 Å². The molecule has 0 rings (SSSR count). The summed E-state index contributed by atoms with van der Waals surface area (Å²) in [5.74, 6) is -0.944. The minimum atomic E-state index is -1.07.